The average molecular weight is 290 g/mol. The second kappa shape index (κ2) is 7.17. The summed E-state index contributed by atoms with van der Waals surface area (Å²) in [7, 11) is 0. The monoisotopic (exact) mass is 290 g/mol. The summed E-state index contributed by atoms with van der Waals surface area (Å²) in [5.41, 5.74) is 0.998. The summed E-state index contributed by atoms with van der Waals surface area (Å²) in [6, 6.07) is 3.66. The van der Waals surface area contributed by atoms with Gasteiger partial charge in [0.15, 0.2) is 0 Å². The normalized spacial score (nSPS) is 19.4. The van der Waals surface area contributed by atoms with E-state index in [9.17, 15) is 9.59 Å². The number of aromatic nitrogens is 1. The van der Waals surface area contributed by atoms with Gasteiger partial charge in [-0.3, -0.25) is 19.8 Å². The van der Waals surface area contributed by atoms with Crippen LogP contribution in [0.1, 0.15) is 32.3 Å². The standard InChI is InChI=1S/C15H22N4O2/c1-3-7-16-13-6-5-11(8-17-13)9-19-10-14(20)18-15(21)12(19)4-2/h5-6,8,12H,3-4,7,9-10H2,1-2H3,(H,16,17)(H,18,20,21). The minimum Gasteiger partial charge on any atom is -0.370 e. The Morgan fingerprint density at radius 1 is 1.38 bits per heavy atom. The molecule has 1 fully saturated rings. The van der Waals surface area contributed by atoms with Crippen LogP contribution in [0.15, 0.2) is 18.3 Å². The maximum absolute atomic E-state index is 11.8. The summed E-state index contributed by atoms with van der Waals surface area (Å²) in [4.78, 5) is 29.6. The number of nitrogens with one attached hydrogen (secondary N) is 2. The van der Waals surface area contributed by atoms with Gasteiger partial charge in [0.2, 0.25) is 11.8 Å². The van der Waals surface area contributed by atoms with E-state index in [1.807, 2.05) is 24.0 Å². The third-order valence-corrected chi connectivity index (χ3v) is 3.51. The van der Waals surface area contributed by atoms with Gasteiger partial charge in [0.25, 0.3) is 0 Å². The fourth-order valence-electron chi connectivity index (χ4n) is 2.44. The van der Waals surface area contributed by atoms with Crippen LogP contribution in [-0.2, 0) is 16.1 Å². The fourth-order valence-corrected chi connectivity index (χ4v) is 2.44. The van der Waals surface area contributed by atoms with E-state index in [-0.39, 0.29) is 24.4 Å². The van der Waals surface area contributed by atoms with Crippen molar-refractivity contribution in [2.75, 3.05) is 18.4 Å². The number of hydrogen-bond acceptors (Lipinski definition) is 5. The van der Waals surface area contributed by atoms with Crippen LogP contribution in [0.25, 0.3) is 0 Å². The summed E-state index contributed by atoms with van der Waals surface area (Å²) in [6.45, 7) is 5.75. The van der Waals surface area contributed by atoms with Gasteiger partial charge in [0.1, 0.15) is 5.82 Å². The van der Waals surface area contributed by atoms with Gasteiger partial charge >= 0.3 is 0 Å². The van der Waals surface area contributed by atoms with Gasteiger partial charge in [0.05, 0.1) is 12.6 Å². The number of amides is 2. The van der Waals surface area contributed by atoms with Crippen LogP contribution in [0.4, 0.5) is 5.82 Å². The van der Waals surface area contributed by atoms with Crippen LogP contribution >= 0.6 is 0 Å². The molecule has 6 heteroatoms. The van der Waals surface area contributed by atoms with Crippen molar-refractivity contribution in [3.63, 3.8) is 0 Å². The van der Waals surface area contributed by atoms with Gasteiger partial charge in [-0.05, 0) is 24.5 Å². The summed E-state index contributed by atoms with van der Waals surface area (Å²) < 4.78 is 0. The Morgan fingerprint density at radius 2 is 2.19 bits per heavy atom. The molecule has 2 N–H and O–H groups in total. The maximum atomic E-state index is 11.8. The highest BCUT2D eigenvalue weighted by atomic mass is 16.2. The third kappa shape index (κ3) is 4.01. The largest absolute Gasteiger partial charge is 0.370 e. The highest BCUT2D eigenvalue weighted by Gasteiger charge is 2.32. The lowest BCUT2D eigenvalue weighted by atomic mass is 10.1. The Bertz CT molecular complexity index is 501. The molecule has 1 aliphatic rings. The van der Waals surface area contributed by atoms with E-state index in [4.69, 9.17) is 0 Å². The van der Waals surface area contributed by atoms with E-state index in [0.29, 0.717) is 13.0 Å². The van der Waals surface area contributed by atoms with Crippen molar-refractivity contribution in [3.8, 4) is 0 Å². The highest BCUT2D eigenvalue weighted by Crippen LogP contribution is 2.14. The molecule has 1 aliphatic heterocycles. The fraction of sp³-hybridized carbons (Fsp3) is 0.533. The molecular weight excluding hydrogens is 268 g/mol. The number of nitrogens with zero attached hydrogens (tertiary/aromatic N) is 2. The maximum Gasteiger partial charge on any atom is 0.243 e. The van der Waals surface area contributed by atoms with Crippen molar-refractivity contribution in [1.82, 2.24) is 15.2 Å². The number of pyridine rings is 1. The Hall–Kier alpha value is -1.95. The smallest absolute Gasteiger partial charge is 0.243 e. The summed E-state index contributed by atoms with van der Waals surface area (Å²) >= 11 is 0. The Kier molecular flexibility index (Phi) is 5.27. The summed E-state index contributed by atoms with van der Waals surface area (Å²) in [5.74, 6) is 0.405. The molecule has 1 atom stereocenters. The van der Waals surface area contributed by atoms with Gasteiger partial charge in [-0.2, -0.15) is 0 Å². The lowest BCUT2D eigenvalue weighted by Gasteiger charge is -2.33. The molecule has 0 aliphatic carbocycles. The second-order valence-corrected chi connectivity index (χ2v) is 5.22. The lowest BCUT2D eigenvalue weighted by molar-refractivity contribution is -0.140. The van der Waals surface area contributed by atoms with Crippen LogP contribution in [0.5, 0.6) is 0 Å². The predicted molar refractivity (Wildman–Crippen MR) is 80.7 cm³/mol. The van der Waals surface area contributed by atoms with Crippen LogP contribution < -0.4 is 10.6 Å². The van der Waals surface area contributed by atoms with Crippen molar-refractivity contribution in [1.29, 1.82) is 0 Å². The number of anilines is 1. The van der Waals surface area contributed by atoms with Crippen molar-refractivity contribution in [2.24, 2.45) is 0 Å². The van der Waals surface area contributed by atoms with Crippen LogP contribution in [-0.4, -0.2) is 40.8 Å². The zero-order valence-corrected chi connectivity index (χ0v) is 12.6. The highest BCUT2D eigenvalue weighted by molar-refractivity contribution is 6.01. The van der Waals surface area contributed by atoms with E-state index >= 15 is 0 Å². The molecule has 1 unspecified atom stereocenters. The Morgan fingerprint density at radius 3 is 2.81 bits per heavy atom. The molecule has 21 heavy (non-hydrogen) atoms. The molecule has 0 spiro atoms. The number of rotatable bonds is 6. The number of piperazine rings is 1. The number of carbonyl (C=O) groups is 2. The minimum atomic E-state index is -0.249. The molecule has 1 aromatic heterocycles. The van der Waals surface area contributed by atoms with E-state index < -0.39 is 0 Å². The molecule has 1 aromatic rings. The third-order valence-electron chi connectivity index (χ3n) is 3.51. The first-order chi connectivity index (χ1) is 10.1. The first kappa shape index (κ1) is 15.4. The van der Waals surface area contributed by atoms with Crippen LogP contribution in [0, 0.1) is 0 Å². The SMILES string of the molecule is CCCNc1ccc(CN2CC(=O)NC(=O)C2CC)cn1. The van der Waals surface area contributed by atoms with E-state index in [1.165, 1.54) is 0 Å². The Labute approximate surface area is 124 Å². The zero-order chi connectivity index (χ0) is 15.2. The van der Waals surface area contributed by atoms with E-state index in [0.717, 1.165) is 24.3 Å². The molecule has 1 saturated heterocycles. The first-order valence-electron chi connectivity index (χ1n) is 7.40. The number of imide groups is 1. The number of carbonyl (C=O) groups excluding carboxylic acids is 2. The molecule has 0 bridgehead atoms. The van der Waals surface area contributed by atoms with Gasteiger partial charge in [-0.25, -0.2) is 4.98 Å². The van der Waals surface area contributed by atoms with Crippen molar-refractivity contribution >= 4 is 17.6 Å². The summed E-state index contributed by atoms with van der Waals surface area (Å²) in [5, 5.41) is 5.60. The van der Waals surface area contributed by atoms with E-state index in [1.54, 1.807) is 6.20 Å². The van der Waals surface area contributed by atoms with Gasteiger partial charge < -0.3 is 5.32 Å². The molecule has 2 rings (SSSR count). The molecule has 0 aromatic carbocycles. The van der Waals surface area contributed by atoms with Crippen molar-refractivity contribution < 1.29 is 9.59 Å². The zero-order valence-electron chi connectivity index (χ0n) is 12.6. The number of hydrogen-bond donors (Lipinski definition) is 2. The molecule has 2 heterocycles. The molecule has 0 saturated carbocycles. The molecule has 114 valence electrons. The Balaban J connectivity index is 2.02. The van der Waals surface area contributed by atoms with Gasteiger partial charge in [0, 0.05) is 19.3 Å². The summed E-state index contributed by atoms with van der Waals surface area (Å²) in [6.07, 6.45) is 3.52. The molecule has 6 nitrogen and oxygen atoms in total. The average Bonchev–Trinajstić information content (AvgIpc) is 2.46. The van der Waals surface area contributed by atoms with Gasteiger partial charge in [-0.1, -0.05) is 19.9 Å². The molecule has 2 amide bonds. The van der Waals surface area contributed by atoms with Crippen LogP contribution in [0.2, 0.25) is 0 Å². The molecular formula is C15H22N4O2. The first-order valence-corrected chi connectivity index (χ1v) is 7.40. The second-order valence-electron chi connectivity index (χ2n) is 5.22. The van der Waals surface area contributed by atoms with Crippen molar-refractivity contribution in [3.05, 3.63) is 23.9 Å². The minimum absolute atomic E-state index is 0.206. The topological polar surface area (TPSA) is 74.3 Å². The lowest BCUT2D eigenvalue weighted by Crippen LogP contribution is -2.57. The quantitative estimate of drug-likeness (QED) is 0.769. The van der Waals surface area contributed by atoms with E-state index in [2.05, 4.69) is 22.5 Å². The van der Waals surface area contributed by atoms with Crippen LogP contribution in [0.3, 0.4) is 0 Å². The van der Waals surface area contributed by atoms with Gasteiger partial charge in [-0.15, -0.1) is 0 Å². The van der Waals surface area contributed by atoms with Crippen molar-refractivity contribution in [2.45, 2.75) is 39.3 Å². The predicted octanol–water partition coefficient (Wildman–Crippen LogP) is 1.14. The molecule has 0 radical (unpaired) electrons.